The molecule has 0 bridgehead atoms. The average molecular weight is 544 g/mol. The van der Waals surface area contributed by atoms with Gasteiger partial charge in [0.25, 0.3) is 11.5 Å². The summed E-state index contributed by atoms with van der Waals surface area (Å²) in [5.41, 5.74) is 1.55. The van der Waals surface area contributed by atoms with Crippen molar-refractivity contribution >= 4 is 17.1 Å². The molecule has 0 saturated heterocycles. The molecule has 4 heterocycles. The van der Waals surface area contributed by atoms with Crippen LogP contribution in [-0.4, -0.2) is 54.5 Å². The summed E-state index contributed by atoms with van der Waals surface area (Å²) in [4.78, 5) is 29.6. The summed E-state index contributed by atoms with van der Waals surface area (Å²) < 4.78 is 17.7. The first-order valence-corrected chi connectivity index (χ1v) is 13.1. The Kier molecular flexibility index (Phi) is 7.36. The monoisotopic (exact) mass is 543 g/mol. The number of halogens is 1. The van der Waals surface area contributed by atoms with Crippen molar-refractivity contribution in [2.24, 2.45) is 5.92 Å². The molecule has 40 heavy (non-hydrogen) atoms. The molecule has 0 radical (unpaired) electrons. The van der Waals surface area contributed by atoms with Crippen molar-refractivity contribution in [2.45, 2.75) is 51.0 Å². The number of carbonyl (C=O) groups is 1. The summed E-state index contributed by atoms with van der Waals surface area (Å²) in [6.07, 6.45) is 4.65. The van der Waals surface area contributed by atoms with Gasteiger partial charge >= 0.3 is 0 Å². The van der Waals surface area contributed by atoms with E-state index in [4.69, 9.17) is 0 Å². The average Bonchev–Trinajstić information content (AvgIpc) is 3.34. The number of hydrogen-bond donors (Lipinski definition) is 3. The third-order valence-electron chi connectivity index (χ3n) is 7.20. The smallest absolute Gasteiger partial charge is 0.255 e. The molecule has 5 rings (SSSR count). The van der Waals surface area contributed by atoms with Gasteiger partial charge in [-0.2, -0.15) is 10.4 Å². The van der Waals surface area contributed by atoms with Crippen LogP contribution in [-0.2, 0) is 6.54 Å². The van der Waals surface area contributed by atoms with E-state index in [9.17, 15) is 24.3 Å². The lowest BCUT2D eigenvalue weighted by atomic mass is 9.80. The summed E-state index contributed by atoms with van der Waals surface area (Å²) in [5, 5.41) is 29.4. The molecule has 11 heteroatoms. The topological polar surface area (TPSA) is 137 Å². The number of alkyl halides is 1. The van der Waals surface area contributed by atoms with E-state index in [0.29, 0.717) is 35.1 Å². The first-order valence-electron chi connectivity index (χ1n) is 13.1. The molecule has 1 atom stereocenters. The van der Waals surface area contributed by atoms with Gasteiger partial charge in [-0.25, -0.2) is 8.91 Å². The van der Waals surface area contributed by atoms with Gasteiger partial charge in [0.15, 0.2) is 0 Å². The maximum atomic E-state index is 14.3. The number of aromatic nitrogens is 4. The second kappa shape index (κ2) is 10.9. The van der Waals surface area contributed by atoms with E-state index in [0.717, 1.165) is 18.4 Å². The Morgan fingerprint density at radius 1 is 1.25 bits per heavy atom. The van der Waals surface area contributed by atoms with E-state index in [1.165, 1.54) is 26.2 Å². The Balaban J connectivity index is 1.38. The third kappa shape index (κ3) is 5.72. The van der Waals surface area contributed by atoms with Gasteiger partial charge in [-0.3, -0.25) is 14.6 Å². The normalized spacial score (nSPS) is 17.6. The molecule has 0 spiro atoms. The maximum absolute atomic E-state index is 14.3. The third-order valence-corrected chi connectivity index (χ3v) is 7.20. The fourth-order valence-electron chi connectivity index (χ4n) is 4.79. The first kappa shape index (κ1) is 27.0. The van der Waals surface area contributed by atoms with Crippen molar-refractivity contribution in [2.75, 3.05) is 11.9 Å². The van der Waals surface area contributed by atoms with E-state index in [1.807, 2.05) is 18.2 Å². The number of hydrogen-bond acceptors (Lipinski definition) is 7. The highest BCUT2D eigenvalue weighted by molar-refractivity contribution is 6.00. The fraction of sp³-hybridized carbons (Fsp3) is 0.345. The predicted molar refractivity (Wildman–Crippen MR) is 148 cm³/mol. The first-order chi connectivity index (χ1) is 19.1. The van der Waals surface area contributed by atoms with Gasteiger partial charge < -0.3 is 20.3 Å². The van der Waals surface area contributed by atoms with Crippen LogP contribution in [0, 0.1) is 17.2 Å². The highest BCUT2D eigenvalue weighted by atomic mass is 19.1. The summed E-state index contributed by atoms with van der Waals surface area (Å²) in [6, 6.07) is 14.4. The molecule has 4 aromatic rings. The van der Waals surface area contributed by atoms with Crippen molar-refractivity contribution in [3.8, 4) is 17.5 Å². The molecule has 1 saturated carbocycles. The molecule has 1 aliphatic rings. The van der Waals surface area contributed by atoms with Crippen molar-refractivity contribution < 1.29 is 14.3 Å². The van der Waals surface area contributed by atoms with Crippen LogP contribution >= 0.6 is 0 Å². The lowest BCUT2D eigenvalue weighted by molar-refractivity contribution is -0.00177. The number of aliphatic hydroxyl groups is 1. The molecule has 1 fully saturated rings. The molecule has 1 amide bonds. The molecule has 4 aromatic heterocycles. The zero-order valence-corrected chi connectivity index (χ0v) is 22.2. The van der Waals surface area contributed by atoms with E-state index < -0.39 is 17.7 Å². The lowest BCUT2D eigenvalue weighted by Crippen LogP contribution is -2.42. The van der Waals surface area contributed by atoms with Crippen LogP contribution in [0.3, 0.4) is 0 Å². The molecule has 206 valence electrons. The van der Waals surface area contributed by atoms with E-state index in [-0.39, 0.29) is 23.7 Å². The molecule has 3 N–H and O–H groups in total. The molecular weight excluding hydrogens is 513 g/mol. The van der Waals surface area contributed by atoms with Crippen molar-refractivity contribution in [1.82, 2.24) is 24.5 Å². The molecule has 10 nitrogen and oxygen atoms in total. The van der Waals surface area contributed by atoms with Gasteiger partial charge in [0.05, 0.1) is 52.1 Å². The van der Waals surface area contributed by atoms with Crippen LogP contribution in [0.2, 0.25) is 0 Å². The van der Waals surface area contributed by atoms with Crippen LogP contribution in [0.4, 0.5) is 10.1 Å². The van der Waals surface area contributed by atoms with Gasteiger partial charge in [-0.05, 0) is 62.9 Å². The summed E-state index contributed by atoms with van der Waals surface area (Å²) >= 11 is 0. The molecular formula is C29H30FN7O3. The summed E-state index contributed by atoms with van der Waals surface area (Å²) in [7, 11) is 0. The van der Waals surface area contributed by atoms with E-state index >= 15 is 0 Å². The summed E-state index contributed by atoms with van der Waals surface area (Å²) in [6.45, 7) is 2.96. The molecule has 1 aliphatic carbocycles. The molecule has 0 aromatic carbocycles. The Morgan fingerprint density at radius 2 is 2.05 bits per heavy atom. The quantitative estimate of drug-likeness (QED) is 0.295. The van der Waals surface area contributed by atoms with Crippen LogP contribution < -0.4 is 16.2 Å². The van der Waals surface area contributed by atoms with E-state index in [2.05, 4.69) is 26.8 Å². The van der Waals surface area contributed by atoms with Crippen molar-refractivity contribution in [3.63, 3.8) is 0 Å². The lowest BCUT2D eigenvalue weighted by Gasteiger charge is -2.37. The number of nitrogens with zero attached hydrogens (tertiary/aromatic N) is 5. The van der Waals surface area contributed by atoms with Crippen molar-refractivity contribution in [1.29, 1.82) is 5.26 Å². The number of rotatable bonds is 9. The minimum atomic E-state index is -1.65. The highest BCUT2D eigenvalue weighted by Gasteiger charge is 2.31. The highest BCUT2D eigenvalue weighted by Crippen LogP contribution is 2.33. The largest absolute Gasteiger partial charge is 0.387 e. The van der Waals surface area contributed by atoms with Crippen LogP contribution in [0.1, 0.15) is 42.6 Å². The number of fused-ring (bicyclic) bond motifs is 1. The zero-order chi connectivity index (χ0) is 28.4. The second-order valence-electron chi connectivity index (χ2n) is 10.7. The standard InChI is InChI=1S/C29H30FN7O3/c1-29(2,40)26(30)16-33-28(39)22-15-32-24(25-7-6-21-11-19(13-31)14-34-37(21)25)12-23(22)35-20-9-18(10-20)17-36-8-4-3-5-27(36)38/h3-8,11-12,14-15,18,20,26,40H,9-10,16-17H2,1-2H3,(H,32,35)(H,33,39)/t18-,20-,26-/m1/s1. The van der Waals surface area contributed by atoms with Crippen LogP contribution in [0.25, 0.3) is 16.9 Å². The van der Waals surface area contributed by atoms with Crippen LogP contribution in [0.5, 0.6) is 0 Å². The SMILES string of the molecule is CC(C)(O)[C@H](F)CNC(=O)c1cnc(-c2ccc3cc(C#N)cnn23)cc1N[C@H]1C[C@H](Cn2ccccc2=O)C1. The van der Waals surface area contributed by atoms with E-state index in [1.54, 1.807) is 39.5 Å². The molecule has 0 aliphatic heterocycles. The van der Waals surface area contributed by atoms with Gasteiger partial charge in [0, 0.05) is 31.0 Å². The number of amides is 1. The minimum absolute atomic E-state index is 0.0382. The minimum Gasteiger partial charge on any atom is -0.387 e. The molecule has 0 unspecified atom stereocenters. The number of pyridine rings is 2. The van der Waals surface area contributed by atoms with Gasteiger partial charge in [0.2, 0.25) is 0 Å². The number of nitriles is 1. The zero-order valence-electron chi connectivity index (χ0n) is 22.2. The van der Waals surface area contributed by atoms with Crippen LogP contribution in [0.15, 0.2) is 65.8 Å². The Hall–Kier alpha value is -4.56. The van der Waals surface area contributed by atoms with Gasteiger partial charge in [-0.1, -0.05) is 6.07 Å². The maximum Gasteiger partial charge on any atom is 0.255 e. The van der Waals surface area contributed by atoms with Gasteiger partial charge in [-0.15, -0.1) is 0 Å². The Bertz CT molecular complexity index is 1640. The van der Waals surface area contributed by atoms with Crippen molar-refractivity contribution in [3.05, 3.63) is 82.5 Å². The predicted octanol–water partition coefficient (Wildman–Crippen LogP) is 3.16. The number of nitrogens with one attached hydrogen (secondary N) is 2. The Labute approximate surface area is 230 Å². The van der Waals surface area contributed by atoms with Gasteiger partial charge in [0.1, 0.15) is 12.2 Å². The number of anilines is 1. The fourth-order valence-corrected chi connectivity index (χ4v) is 4.79. The second-order valence-corrected chi connectivity index (χ2v) is 10.7. The number of carbonyl (C=O) groups excluding carboxylic acids is 1. The Morgan fingerprint density at radius 3 is 2.77 bits per heavy atom. The summed E-state index contributed by atoms with van der Waals surface area (Å²) in [5.74, 6) is -0.208.